The molecule has 4 nitrogen and oxygen atoms in total. The van der Waals surface area contributed by atoms with Gasteiger partial charge in [-0.25, -0.2) is 0 Å². The molecule has 0 atom stereocenters. The molecule has 0 unspecified atom stereocenters. The van der Waals surface area contributed by atoms with Crippen molar-refractivity contribution < 1.29 is 14.3 Å². The number of amides is 1. The van der Waals surface area contributed by atoms with E-state index in [1.165, 1.54) is 18.4 Å². The highest BCUT2D eigenvalue weighted by Gasteiger charge is 2.18. The van der Waals surface area contributed by atoms with Gasteiger partial charge in [-0.1, -0.05) is 6.07 Å². The SMILES string of the molecule is COc1cc(CNC(=O)CCc2ccsc2)ccc1OC1CCCC1. The Hall–Kier alpha value is -2.01. The number of hydrogen-bond donors (Lipinski definition) is 1. The third kappa shape index (κ3) is 5.23. The van der Waals surface area contributed by atoms with Gasteiger partial charge in [-0.3, -0.25) is 4.79 Å². The van der Waals surface area contributed by atoms with Crippen molar-refractivity contribution in [1.82, 2.24) is 5.32 Å². The molecule has 5 heteroatoms. The molecular formula is C20H25NO3S. The highest BCUT2D eigenvalue weighted by Crippen LogP contribution is 2.32. The van der Waals surface area contributed by atoms with Crippen molar-refractivity contribution in [2.75, 3.05) is 7.11 Å². The van der Waals surface area contributed by atoms with E-state index in [9.17, 15) is 4.79 Å². The molecule has 134 valence electrons. The summed E-state index contributed by atoms with van der Waals surface area (Å²) in [6.45, 7) is 0.503. The molecule has 1 saturated carbocycles. The first kappa shape index (κ1) is 17.8. The molecule has 3 rings (SSSR count). The summed E-state index contributed by atoms with van der Waals surface area (Å²) in [6.07, 6.45) is 6.31. The number of rotatable bonds is 8. The maximum atomic E-state index is 12.0. The third-order valence-electron chi connectivity index (χ3n) is 4.53. The van der Waals surface area contributed by atoms with Gasteiger partial charge in [0.05, 0.1) is 13.2 Å². The molecule has 0 spiro atoms. The van der Waals surface area contributed by atoms with E-state index in [2.05, 4.69) is 16.8 Å². The van der Waals surface area contributed by atoms with Crippen molar-refractivity contribution in [3.63, 3.8) is 0 Å². The van der Waals surface area contributed by atoms with Crippen molar-refractivity contribution in [3.8, 4) is 11.5 Å². The highest BCUT2D eigenvalue weighted by atomic mass is 32.1. The number of benzene rings is 1. The molecule has 0 aliphatic heterocycles. The Kier molecular flexibility index (Phi) is 6.34. The number of methoxy groups -OCH3 is 1. The summed E-state index contributed by atoms with van der Waals surface area (Å²) in [5.74, 6) is 1.59. The molecule has 1 aromatic heterocycles. The van der Waals surface area contributed by atoms with Crippen LogP contribution in [0.25, 0.3) is 0 Å². The molecule has 1 amide bonds. The number of nitrogens with one attached hydrogen (secondary N) is 1. The lowest BCUT2D eigenvalue weighted by molar-refractivity contribution is -0.121. The van der Waals surface area contributed by atoms with E-state index in [0.29, 0.717) is 19.1 Å². The average Bonchev–Trinajstić information content (AvgIpc) is 3.33. The van der Waals surface area contributed by atoms with Crippen molar-refractivity contribution in [3.05, 3.63) is 46.2 Å². The minimum absolute atomic E-state index is 0.0662. The van der Waals surface area contributed by atoms with Gasteiger partial charge < -0.3 is 14.8 Å². The van der Waals surface area contributed by atoms with Crippen LogP contribution in [0.5, 0.6) is 11.5 Å². The summed E-state index contributed by atoms with van der Waals surface area (Å²) in [5.41, 5.74) is 2.23. The standard InChI is InChI=1S/C20H25NO3S/c1-23-19-12-16(6-8-18(19)24-17-4-2-3-5-17)13-21-20(22)9-7-15-10-11-25-14-15/h6,8,10-12,14,17H,2-5,7,9,13H2,1H3,(H,21,22). The van der Waals surface area contributed by atoms with Crippen LogP contribution >= 0.6 is 11.3 Å². The molecule has 1 aliphatic carbocycles. The van der Waals surface area contributed by atoms with Gasteiger partial charge in [-0.15, -0.1) is 0 Å². The van der Waals surface area contributed by atoms with Crippen LogP contribution in [-0.2, 0) is 17.8 Å². The van der Waals surface area contributed by atoms with Crippen LogP contribution in [-0.4, -0.2) is 19.1 Å². The zero-order chi connectivity index (χ0) is 17.5. The normalized spacial score (nSPS) is 14.4. The average molecular weight is 359 g/mol. The van der Waals surface area contributed by atoms with Crippen molar-refractivity contribution >= 4 is 17.2 Å². The Balaban J connectivity index is 1.50. The second kappa shape index (κ2) is 8.90. The maximum absolute atomic E-state index is 12.0. The van der Waals surface area contributed by atoms with Crippen LogP contribution in [0.2, 0.25) is 0 Å². The molecular weight excluding hydrogens is 334 g/mol. The molecule has 0 saturated heterocycles. The number of thiophene rings is 1. The molecule has 1 N–H and O–H groups in total. The smallest absolute Gasteiger partial charge is 0.220 e. The highest BCUT2D eigenvalue weighted by molar-refractivity contribution is 7.07. The summed E-state index contributed by atoms with van der Waals surface area (Å²) in [6, 6.07) is 7.95. The zero-order valence-corrected chi connectivity index (χ0v) is 15.4. The Labute approximate surface area is 153 Å². The van der Waals surface area contributed by atoms with E-state index >= 15 is 0 Å². The van der Waals surface area contributed by atoms with Gasteiger partial charge in [0, 0.05) is 13.0 Å². The van der Waals surface area contributed by atoms with Crippen LogP contribution in [0.3, 0.4) is 0 Å². The second-order valence-corrected chi connectivity index (χ2v) is 7.20. The van der Waals surface area contributed by atoms with Gasteiger partial charge in [0.1, 0.15) is 0 Å². The van der Waals surface area contributed by atoms with Crippen molar-refractivity contribution in [2.24, 2.45) is 0 Å². The quantitative estimate of drug-likeness (QED) is 0.763. The number of carbonyl (C=O) groups excluding carboxylic acids is 1. The number of carbonyl (C=O) groups is 1. The monoisotopic (exact) mass is 359 g/mol. The van der Waals surface area contributed by atoms with Gasteiger partial charge in [0.2, 0.25) is 5.91 Å². The Morgan fingerprint density at radius 3 is 2.76 bits per heavy atom. The first-order valence-corrected chi connectivity index (χ1v) is 9.80. The number of aryl methyl sites for hydroxylation is 1. The zero-order valence-electron chi connectivity index (χ0n) is 14.6. The molecule has 0 radical (unpaired) electrons. The van der Waals surface area contributed by atoms with Gasteiger partial charge in [0.15, 0.2) is 11.5 Å². The van der Waals surface area contributed by atoms with Crippen LogP contribution in [0.15, 0.2) is 35.0 Å². The van der Waals surface area contributed by atoms with Crippen molar-refractivity contribution in [2.45, 2.75) is 51.2 Å². The summed E-state index contributed by atoms with van der Waals surface area (Å²) < 4.78 is 11.5. The minimum atomic E-state index is 0.0662. The summed E-state index contributed by atoms with van der Waals surface area (Å²) >= 11 is 1.66. The summed E-state index contributed by atoms with van der Waals surface area (Å²) in [4.78, 5) is 12.0. The molecule has 2 aromatic rings. The second-order valence-electron chi connectivity index (χ2n) is 6.42. The lowest BCUT2D eigenvalue weighted by Gasteiger charge is -2.16. The number of hydrogen-bond acceptors (Lipinski definition) is 4. The van der Waals surface area contributed by atoms with Gasteiger partial charge >= 0.3 is 0 Å². The van der Waals surface area contributed by atoms with Gasteiger partial charge in [-0.05, 0) is 72.2 Å². The maximum Gasteiger partial charge on any atom is 0.220 e. The van der Waals surface area contributed by atoms with E-state index < -0.39 is 0 Å². The molecule has 25 heavy (non-hydrogen) atoms. The van der Waals surface area contributed by atoms with Gasteiger partial charge in [0.25, 0.3) is 0 Å². The summed E-state index contributed by atoms with van der Waals surface area (Å²) in [5, 5.41) is 7.09. The predicted molar refractivity (Wildman–Crippen MR) is 100 cm³/mol. The van der Waals surface area contributed by atoms with Crippen LogP contribution in [0, 0.1) is 0 Å². The third-order valence-corrected chi connectivity index (χ3v) is 5.27. The fourth-order valence-corrected chi connectivity index (χ4v) is 3.79. The fourth-order valence-electron chi connectivity index (χ4n) is 3.09. The first-order chi connectivity index (χ1) is 12.2. The molecule has 1 aliphatic rings. The Bertz CT molecular complexity index is 678. The fraction of sp³-hybridized carbons (Fsp3) is 0.450. The van der Waals surface area contributed by atoms with E-state index in [1.807, 2.05) is 23.6 Å². The molecule has 1 fully saturated rings. The lowest BCUT2D eigenvalue weighted by atomic mass is 10.1. The van der Waals surface area contributed by atoms with Crippen molar-refractivity contribution in [1.29, 1.82) is 0 Å². The number of ether oxygens (including phenoxy) is 2. The van der Waals surface area contributed by atoms with E-state index in [4.69, 9.17) is 9.47 Å². The van der Waals surface area contributed by atoms with Gasteiger partial charge in [-0.2, -0.15) is 11.3 Å². The topological polar surface area (TPSA) is 47.6 Å². The van der Waals surface area contributed by atoms with E-state index in [1.54, 1.807) is 18.4 Å². The first-order valence-electron chi connectivity index (χ1n) is 8.86. The van der Waals surface area contributed by atoms with Crippen LogP contribution in [0.4, 0.5) is 0 Å². The minimum Gasteiger partial charge on any atom is -0.493 e. The van der Waals surface area contributed by atoms with Crippen LogP contribution < -0.4 is 14.8 Å². The Morgan fingerprint density at radius 1 is 1.20 bits per heavy atom. The van der Waals surface area contributed by atoms with Crippen LogP contribution in [0.1, 0.15) is 43.2 Å². The predicted octanol–water partition coefficient (Wildman–Crippen LogP) is 4.33. The molecule has 0 bridgehead atoms. The van der Waals surface area contributed by atoms with E-state index in [-0.39, 0.29) is 5.91 Å². The summed E-state index contributed by atoms with van der Waals surface area (Å²) in [7, 11) is 1.65. The largest absolute Gasteiger partial charge is 0.493 e. The molecule has 1 heterocycles. The molecule has 1 aromatic carbocycles. The Morgan fingerprint density at radius 2 is 2.04 bits per heavy atom. The lowest BCUT2D eigenvalue weighted by Crippen LogP contribution is -2.23. The van der Waals surface area contributed by atoms with E-state index in [0.717, 1.165) is 36.3 Å².